The lowest BCUT2D eigenvalue weighted by molar-refractivity contribution is -0.118. The fourth-order valence-electron chi connectivity index (χ4n) is 2.48. The van der Waals surface area contributed by atoms with Gasteiger partial charge in [-0.3, -0.25) is 13.9 Å². The van der Waals surface area contributed by atoms with Crippen LogP contribution in [0.1, 0.15) is 12.8 Å². The molecule has 0 aromatic carbocycles. The zero-order chi connectivity index (χ0) is 18.0. The van der Waals surface area contributed by atoms with Crippen LogP contribution in [0.3, 0.4) is 0 Å². The van der Waals surface area contributed by atoms with Crippen molar-refractivity contribution < 1.29 is 31.7 Å². The zero-order valence-corrected chi connectivity index (χ0v) is 14.2. The summed E-state index contributed by atoms with van der Waals surface area (Å²) < 4.78 is 36.9. The molecule has 136 valence electrons. The second kappa shape index (κ2) is 6.84. The zero-order valence-electron chi connectivity index (χ0n) is 13.4. The van der Waals surface area contributed by atoms with Gasteiger partial charge in [0.15, 0.2) is 18.2 Å². The Morgan fingerprint density at radius 3 is 2.96 bits per heavy atom. The molecular weight excluding hydrogens is 354 g/mol. The lowest BCUT2D eigenvalue weighted by Crippen LogP contribution is -2.29. The van der Waals surface area contributed by atoms with Gasteiger partial charge in [0.05, 0.1) is 19.4 Å². The van der Waals surface area contributed by atoms with Crippen LogP contribution in [0.2, 0.25) is 0 Å². The van der Waals surface area contributed by atoms with Crippen LogP contribution in [-0.4, -0.2) is 57.5 Å². The van der Waals surface area contributed by atoms with Gasteiger partial charge in [-0.1, -0.05) is 0 Å². The SMILES string of the molecule is CS(=O)(=O)OCCC[C@H]1CN(c2ccc3c(n2)NC(=O)CO3)C(=O)O1. The van der Waals surface area contributed by atoms with E-state index in [2.05, 4.69) is 14.5 Å². The molecule has 0 bridgehead atoms. The number of ether oxygens (including phenoxy) is 2. The minimum Gasteiger partial charge on any atom is -0.480 e. The van der Waals surface area contributed by atoms with Crippen molar-refractivity contribution in [1.82, 2.24) is 4.98 Å². The quantitative estimate of drug-likeness (QED) is 0.566. The van der Waals surface area contributed by atoms with Gasteiger partial charge in [-0.2, -0.15) is 8.42 Å². The summed E-state index contributed by atoms with van der Waals surface area (Å²) in [4.78, 5) is 29.0. The van der Waals surface area contributed by atoms with Crippen LogP contribution in [0, 0.1) is 0 Å². The maximum atomic E-state index is 12.0. The highest BCUT2D eigenvalue weighted by Gasteiger charge is 2.33. The number of cyclic esters (lactones) is 1. The highest BCUT2D eigenvalue weighted by molar-refractivity contribution is 7.85. The number of pyridine rings is 1. The molecule has 1 saturated heterocycles. The highest BCUT2D eigenvalue weighted by Crippen LogP contribution is 2.30. The van der Waals surface area contributed by atoms with Gasteiger partial charge in [0.2, 0.25) is 0 Å². The third kappa shape index (κ3) is 4.37. The predicted molar refractivity (Wildman–Crippen MR) is 86.0 cm³/mol. The number of nitrogens with zero attached hydrogens (tertiary/aromatic N) is 2. The molecule has 1 aromatic heterocycles. The molecule has 1 N–H and O–H groups in total. The van der Waals surface area contributed by atoms with Crippen molar-refractivity contribution in [1.29, 1.82) is 0 Å². The number of nitrogens with one attached hydrogen (secondary N) is 1. The normalized spacial score (nSPS) is 19.9. The van der Waals surface area contributed by atoms with E-state index in [1.165, 1.54) is 4.90 Å². The molecule has 1 aromatic rings. The molecule has 0 spiro atoms. The van der Waals surface area contributed by atoms with Crippen LogP contribution < -0.4 is 15.0 Å². The summed E-state index contributed by atoms with van der Waals surface area (Å²) in [5.41, 5.74) is 0. The van der Waals surface area contributed by atoms with Gasteiger partial charge in [0.1, 0.15) is 11.9 Å². The predicted octanol–water partition coefficient (Wildman–Crippen LogP) is 0.494. The van der Waals surface area contributed by atoms with Crippen molar-refractivity contribution in [3.63, 3.8) is 0 Å². The van der Waals surface area contributed by atoms with Gasteiger partial charge < -0.3 is 14.8 Å². The van der Waals surface area contributed by atoms with E-state index in [4.69, 9.17) is 9.47 Å². The number of amides is 2. The third-order valence-electron chi connectivity index (χ3n) is 3.58. The molecular formula is C14H17N3O7S. The van der Waals surface area contributed by atoms with Crippen LogP contribution in [0.5, 0.6) is 5.75 Å². The van der Waals surface area contributed by atoms with Crippen molar-refractivity contribution in [2.45, 2.75) is 18.9 Å². The Bertz CT molecular complexity index is 796. The smallest absolute Gasteiger partial charge is 0.415 e. The average Bonchev–Trinajstić information content (AvgIpc) is 2.91. The molecule has 2 amide bonds. The second-order valence-electron chi connectivity index (χ2n) is 5.64. The molecule has 0 radical (unpaired) electrons. The van der Waals surface area contributed by atoms with Crippen LogP contribution in [-0.2, 0) is 23.8 Å². The van der Waals surface area contributed by atoms with Gasteiger partial charge in [-0.05, 0) is 25.0 Å². The van der Waals surface area contributed by atoms with Gasteiger partial charge in [0.25, 0.3) is 16.0 Å². The van der Waals surface area contributed by atoms with E-state index in [0.717, 1.165) is 6.26 Å². The van der Waals surface area contributed by atoms with Crippen LogP contribution in [0.15, 0.2) is 12.1 Å². The van der Waals surface area contributed by atoms with Gasteiger partial charge in [0, 0.05) is 0 Å². The number of rotatable bonds is 6. The molecule has 0 saturated carbocycles. The number of hydrogen-bond donors (Lipinski definition) is 1. The Labute approximate surface area is 144 Å². The molecule has 2 aliphatic rings. The maximum Gasteiger partial charge on any atom is 0.415 e. The molecule has 3 heterocycles. The summed E-state index contributed by atoms with van der Waals surface area (Å²) in [7, 11) is -3.47. The molecule has 25 heavy (non-hydrogen) atoms. The lowest BCUT2D eigenvalue weighted by Gasteiger charge is -2.19. The maximum absolute atomic E-state index is 12.0. The van der Waals surface area contributed by atoms with E-state index >= 15 is 0 Å². The minimum absolute atomic E-state index is 0.0351. The number of hydrogen-bond acceptors (Lipinski definition) is 8. The van der Waals surface area contributed by atoms with E-state index in [0.29, 0.717) is 24.4 Å². The Morgan fingerprint density at radius 2 is 2.20 bits per heavy atom. The third-order valence-corrected chi connectivity index (χ3v) is 4.17. The fraction of sp³-hybridized carbons (Fsp3) is 0.500. The number of aromatic nitrogens is 1. The van der Waals surface area contributed by atoms with E-state index in [-0.39, 0.29) is 37.6 Å². The van der Waals surface area contributed by atoms with Crippen molar-refractivity contribution in [2.24, 2.45) is 0 Å². The van der Waals surface area contributed by atoms with E-state index in [9.17, 15) is 18.0 Å². The number of carbonyl (C=O) groups is 2. The van der Waals surface area contributed by atoms with Crippen LogP contribution in [0.25, 0.3) is 0 Å². The Balaban J connectivity index is 1.59. The summed E-state index contributed by atoms with van der Waals surface area (Å²) in [5.74, 6) is 0.714. The summed E-state index contributed by atoms with van der Waals surface area (Å²) in [6, 6.07) is 3.23. The fourth-order valence-corrected chi connectivity index (χ4v) is 2.90. The second-order valence-corrected chi connectivity index (χ2v) is 7.28. The van der Waals surface area contributed by atoms with Gasteiger partial charge in [-0.15, -0.1) is 0 Å². The molecule has 1 fully saturated rings. The first-order valence-corrected chi connectivity index (χ1v) is 9.40. The van der Waals surface area contributed by atoms with Gasteiger partial charge in [-0.25, -0.2) is 9.78 Å². The number of anilines is 2. The molecule has 0 aliphatic carbocycles. The molecule has 1 atom stereocenters. The van der Waals surface area contributed by atoms with Crippen molar-refractivity contribution >= 4 is 33.8 Å². The first kappa shape index (κ1) is 17.4. The Morgan fingerprint density at radius 1 is 1.40 bits per heavy atom. The molecule has 2 aliphatic heterocycles. The Hall–Kier alpha value is -2.40. The summed E-state index contributed by atoms with van der Waals surface area (Å²) >= 11 is 0. The molecule has 3 rings (SSSR count). The summed E-state index contributed by atoms with van der Waals surface area (Å²) in [6.07, 6.45) is 0.932. The topological polar surface area (TPSA) is 124 Å². The monoisotopic (exact) mass is 371 g/mol. The van der Waals surface area contributed by atoms with E-state index in [1.54, 1.807) is 12.1 Å². The standard InChI is InChI=1S/C14H17N3O7S/c1-25(20,21)23-6-2-3-9-7-17(14(19)24-9)11-5-4-10-13(15-11)16-12(18)8-22-10/h4-5,9H,2-3,6-8H2,1H3,(H,15,16,18)/t9-/m0/s1. The Kier molecular flexibility index (Phi) is 4.77. The summed E-state index contributed by atoms with van der Waals surface area (Å²) in [6.45, 7) is 0.239. The van der Waals surface area contributed by atoms with Crippen LogP contribution in [0.4, 0.5) is 16.4 Å². The number of fused-ring (bicyclic) bond motifs is 1. The lowest BCUT2D eigenvalue weighted by atomic mass is 10.2. The van der Waals surface area contributed by atoms with Gasteiger partial charge >= 0.3 is 6.09 Å². The van der Waals surface area contributed by atoms with Crippen molar-refractivity contribution in [3.05, 3.63) is 12.1 Å². The largest absolute Gasteiger partial charge is 0.480 e. The molecule has 0 unspecified atom stereocenters. The number of carbonyl (C=O) groups excluding carboxylic acids is 2. The van der Waals surface area contributed by atoms with E-state index in [1.807, 2.05) is 0 Å². The molecule has 10 nitrogen and oxygen atoms in total. The highest BCUT2D eigenvalue weighted by atomic mass is 32.2. The first-order chi connectivity index (χ1) is 11.8. The van der Waals surface area contributed by atoms with Crippen LogP contribution >= 0.6 is 0 Å². The van der Waals surface area contributed by atoms with E-state index < -0.39 is 16.2 Å². The van der Waals surface area contributed by atoms with Crippen molar-refractivity contribution in [2.75, 3.05) is 36.2 Å². The first-order valence-electron chi connectivity index (χ1n) is 7.58. The summed E-state index contributed by atoms with van der Waals surface area (Å²) in [5, 5.41) is 2.58. The van der Waals surface area contributed by atoms with Crippen molar-refractivity contribution in [3.8, 4) is 5.75 Å². The minimum atomic E-state index is -3.47. The average molecular weight is 371 g/mol. The molecule has 11 heteroatoms.